The van der Waals surface area contributed by atoms with Crippen molar-refractivity contribution in [3.8, 4) is 0 Å². The molecule has 47 heavy (non-hydrogen) atoms. The molecule has 0 N–H and O–H groups in total. The van der Waals surface area contributed by atoms with Crippen molar-refractivity contribution >= 4 is 92.1 Å². The highest BCUT2D eigenvalue weighted by Crippen LogP contribution is 2.46. The Bertz CT molecular complexity index is 2310. The van der Waals surface area contributed by atoms with Gasteiger partial charge in [-0.25, -0.2) is 0 Å². The number of fused-ring (bicyclic) bond motifs is 7. The van der Waals surface area contributed by atoms with Gasteiger partial charge in [0.05, 0.1) is 0 Å². The standard InChI is InChI=1S/C41H27B2N3S/c1-3-13-28(14-4-1)42-31-17-7-10-20-34(31)45(30-23-25-44-26-24-30)36-27-38-40-41(39(36)42)46(29-15-5-2-6-16-29)35-21-11-8-18-32(35)43(40)33-19-9-12-22-37(33)47-38/h1-27H. The van der Waals surface area contributed by atoms with Gasteiger partial charge >= 0.3 is 0 Å². The number of para-hydroxylation sites is 3. The largest absolute Gasteiger partial charge is 0.312 e. The molecule has 6 heteroatoms. The first-order valence-electron chi connectivity index (χ1n) is 16.1. The molecule has 218 valence electrons. The average molecular weight is 615 g/mol. The molecule has 6 aromatic carbocycles. The van der Waals surface area contributed by atoms with E-state index in [2.05, 4.69) is 166 Å². The van der Waals surface area contributed by atoms with Gasteiger partial charge in [0.1, 0.15) is 0 Å². The lowest BCUT2D eigenvalue weighted by atomic mass is 9.31. The van der Waals surface area contributed by atoms with Gasteiger partial charge in [-0.2, -0.15) is 0 Å². The summed E-state index contributed by atoms with van der Waals surface area (Å²) in [5.41, 5.74) is 15.2. The number of hydrogen-bond acceptors (Lipinski definition) is 4. The quantitative estimate of drug-likeness (QED) is 0.222. The van der Waals surface area contributed by atoms with E-state index in [0.29, 0.717) is 0 Å². The molecule has 0 unspecified atom stereocenters. The third kappa shape index (κ3) is 3.95. The van der Waals surface area contributed by atoms with Crippen LogP contribution in [0, 0.1) is 0 Å². The van der Waals surface area contributed by atoms with E-state index in [1.165, 1.54) is 71.0 Å². The zero-order valence-corrected chi connectivity index (χ0v) is 26.3. The van der Waals surface area contributed by atoms with Gasteiger partial charge in [0, 0.05) is 56.3 Å². The summed E-state index contributed by atoms with van der Waals surface area (Å²) in [6.45, 7) is 0.155. The topological polar surface area (TPSA) is 19.4 Å². The first kappa shape index (κ1) is 26.7. The Morgan fingerprint density at radius 2 is 1.02 bits per heavy atom. The normalized spacial score (nSPS) is 13.7. The molecule has 0 saturated carbocycles. The second-order valence-electron chi connectivity index (χ2n) is 12.3. The molecule has 10 rings (SSSR count). The van der Waals surface area contributed by atoms with Gasteiger partial charge in [-0.1, -0.05) is 126 Å². The van der Waals surface area contributed by atoms with Crippen molar-refractivity contribution in [2.24, 2.45) is 0 Å². The number of anilines is 6. The fourth-order valence-corrected chi connectivity index (χ4v) is 9.21. The molecule has 4 heterocycles. The van der Waals surface area contributed by atoms with Crippen molar-refractivity contribution in [3.05, 3.63) is 164 Å². The molecule has 0 saturated heterocycles. The van der Waals surface area contributed by atoms with Crippen LogP contribution in [-0.4, -0.2) is 18.4 Å². The van der Waals surface area contributed by atoms with Crippen molar-refractivity contribution in [1.29, 1.82) is 0 Å². The van der Waals surface area contributed by atoms with Gasteiger partial charge in [-0.3, -0.25) is 4.98 Å². The van der Waals surface area contributed by atoms with Crippen LogP contribution in [0.2, 0.25) is 0 Å². The third-order valence-electron chi connectivity index (χ3n) is 9.86. The van der Waals surface area contributed by atoms with E-state index in [1.54, 1.807) is 0 Å². The summed E-state index contributed by atoms with van der Waals surface area (Å²) >= 11 is 1.90. The maximum Gasteiger partial charge on any atom is 0.249 e. The summed E-state index contributed by atoms with van der Waals surface area (Å²) in [5.74, 6) is 0. The van der Waals surface area contributed by atoms with E-state index < -0.39 is 0 Å². The van der Waals surface area contributed by atoms with E-state index in [-0.39, 0.29) is 13.4 Å². The van der Waals surface area contributed by atoms with Crippen LogP contribution in [0.3, 0.4) is 0 Å². The van der Waals surface area contributed by atoms with Crippen LogP contribution in [-0.2, 0) is 0 Å². The summed E-state index contributed by atoms with van der Waals surface area (Å²) in [7, 11) is 0. The third-order valence-corrected chi connectivity index (χ3v) is 11.0. The fraction of sp³-hybridized carbons (Fsp3) is 0. The number of hydrogen-bond donors (Lipinski definition) is 0. The zero-order chi connectivity index (χ0) is 30.9. The molecule has 7 aromatic rings. The number of benzene rings is 6. The maximum atomic E-state index is 4.40. The van der Waals surface area contributed by atoms with Crippen molar-refractivity contribution in [2.75, 3.05) is 9.80 Å². The minimum atomic E-state index is 0.0279. The van der Waals surface area contributed by atoms with Crippen LogP contribution in [0.5, 0.6) is 0 Å². The van der Waals surface area contributed by atoms with E-state index in [9.17, 15) is 0 Å². The monoisotopic (exact) mass is 615 g/mol. The lowest BCUT2D eigenvalue weighted by molar-refractivity contribution is 1.22. The van der Waals surface area contributed by atoms with Crippen molar-refractivity contribution in [2.45, 2.75) is 9.79 Å². The summed E-state index contributed by atoms with van der Waals surface area (Å²) < 4.78 is 0. The SMILES string of the molecule is c1ccc(B2c3ccccc3N(c3ccncc3)c3cc4c5c(c32)N(c2ccccc2)c2ccccc2B5c2ccccc2S4)cc1. The average Bonchev–Trinajstić information content (AvgIpc) is 3.14. The van der Waals surface area contributed by atoms with Crippen LogP contribution in [0.15, 0.2) is 174 Å². The molecule has 0 spiro atoms. The summed E-state index contributed by atoms with van der Waals surface area (Å²) in [6.07, 6.45) is 3.80. The van der Waals surface area contributed by atoms with E-state index in [4.69, 9.17) is 0 Å². The van der Waals surface area contributed by atoms with E-state index >= 15 is 0 Å². The first-order chi connectivity index (χ1) is 23.4. The van der Waals surface area contributed by atoms with Crippen LogP contribution in [0.1, 0.15) is 0 Å². The molecule has 3 aliphatic heterocycles. The van der Waals surface area contributed by atoms with E-state index in [1.807, 2.05) is 24.2 Å². The Labute approximate surface area is 279 Å². The zero-order valence-electron chi connectivity index (χ0n) is 25.5. The van der Waals surface area contributed by atoms with Crippen LogP contribution >= 0.6 is 11.8 Å². The Morgan fingerprint density at radius 3 is 1.77 bits per heavy atom. The number of aromatic nitrogens is 1. The fourth-order valence-electron chi connectivity index (χ4n) is 8.03. The molecule has 1 aromatic heterocycles. The Kier molecular flexibility index (Phi) is 6.00. The molecule has 0 atom stereocenters. The molecule has 0 fully saturated rings. The lowest BCUT2D eigenvalue weighted by Gasteiger charge is -2.46. The highest BCUT2D eigenvalue weighted by molar-refractivity contribution is 8.00. The van der Waals surface area contributed by atoms with Gasteiger partial charge in [-0.05, 0) is 70.4 Å². The van der Waals surface area contributed by atoms with Gasteiger partial charge in [0.25, 0.3) is 0 Å². The smallest absolute Gasteiger partial charge is 0.249 e. The number of rotatable bonds is 3. The highest BCUT2D eigenvalue weighted by Gasteiger charge is 2.47. The van der Waals surface area contributed by atoms with Gasteiger partial charge < -0.3 is 9.80 Å². The molecule has 3 nitrogen and oxygen atoms in total. The molecule has 3 aliphatic rings. The summed E-state index contributed by atoms with van der Waals surface area (Å²) in [6, 6.07) is 55.7. The summed E-state index contributed by atoms with van der Waals surface area (Å²) in [4.78, 5) is 12.0. The number of nitrogens with zero attached hydrogens (tertiary/aromatic N) is 3. The van der Waals surface area contributed by atoms with Crippen LogP contribution in [0.25, 0.3) is 0 Å². The molecular formula is C41H27B2N3S. The van der Waals surface area contributed by atoms with Gasteiger partial charge in [0.2, 0.25) is 13.4 Å². The van der Waals surface area contributed by atoms with Crippen molar-refractivity contribution in [1.82, 2.24) is 4.98 Å². The predicted molar refractivity (Wildman–Crippen MR) is 200 cm³/mol. The predicted octanol–water partition coefficient (Wildman–Crippen LogP) is 6.15. The highest BCUT2D eigenvalue weighted by atomic mass is 32.2. The Hall–Kier alpha value is -5.45. The maximum absolute atomic E-state index is 4.40. The van der Waals surface area contributed by atoms with Crippen molar-refractivity contribution in [3.63, 3.8) is 0 Å². The molecule has 0 amide bonds. The first-order valence-corrected chi connectivity index (χ1v) is 16.9. The van der Waals surface area contributed by atoms with Gasteiger partial charge in [0.15, 0.2) is 0 Å². The van der Waals surface area contributed by atoms with Crippen molar-refractivity contribution < 1.29 is 0 Å². The van der Waals surface area contributed by atoms with Gasteiger partial charge in [-0.15, -0.1) is 0 Å². The molecule has 0 radical (unpaired) electrons. The molecule has 0 bridgehead atoms. The van der Waals surface area contributed by atoms with Crippen LogP contribution < -0.4 is 42.6 Å². The van der Waals surface area contributed by atoms with E-state index in [0.717, 1.165) is 5.69 Å². The second kappa shape index (κ2) is 10.5. The second-order valence-corrected chi connectivity index (χ2v) is 13.4. The minimum Gasteiger partial charge on any atom is -0.312 e. The minimum absolute atomic E-state index is 0.0279. The lowest BCUT2D eigenvalue weighted by Crippen LogP contribution is -2.65. The number of pyridine rings is 1. The summed E-state index contributed by atoms with van der Waals surface area (Å²) in [5, 5.41) is 0. The Morgan fingerprint density at radius 1 is 0.447 bits per heavy atom. The molecule has 0 aliphatic carbocycles. The van der Waals surface area contributed by atoms with Crippen LogP contribution in [0.4, 0.5) is 34.1 Å². The Balaban J connectivity index is 1.39. The molecular weight excluding hydrogens is 588 g/mol.